The van der Waals surface area contributed by atoms with Gasteiger partial charge in [0, 0.05) is 19.1 Å². The SMILES string of the molecule is CC(C)N(C)Cc1ccccc1CNC(=O)c1cc(F)cc2[nH]c(=S)[nH]c12. The van der Waals surface area contributed by atoms with Gasteiger partial charge in [-0.15, -0.1) is 0 Å². The topological polar surface area (TPSA) is 63.9 Å². The molecule has 0 bridgehead atoms. The molecule has 0 fully saturated rings. The highest BCUT2D eigenvalue weighted by Gasteiger charge is 2.15. The molecule has 0 atom stereocenters. The molecule has 3 N–H and O–H groups in total. The van der Waals surface area contributed by atoms with Crippen LogP contribution in [0.1, 0.15) is 35.3 Å². The summed E-state index contributed by atoms with van der Waals surface area (Å²) in [4.78, 5) is 20.7. The molecular formula is C20H23FN4OS. The van der Waals surface area contributed by atoms with Crippen molar-refractivity contribution in [1.29, 1.82) is 0 Å². The van der Waals surface area contributed by atoms with Crippen molar-refractivity contribution in [3.63, 3.8) is 0 Å². The highest BCUT2D eigenvalue weighted by atomic mass is 32.1. The molecule has 1 amide bonds. The number of nitrogens with one attached hydrogen (secondary N) is 3. The standard InChI is InChI=1S/C20H23FN4OS/c1-12(2)25(3)11-14-7-5-4-6-13(14)10-22-19(26)16-8-15(21)9-17-18(16)24-20(27)23-17/h4-9,12H,10-11H2,1-3H3,(H,22,26)(H2,23,24,27). The fourth-order valence-electron chi connectivity index (χ4n) is 2.89. The van der Waals surface area contributed by atoms with Crippen LogP contribution in [0.4, 0.5) is 4.39 Å². The molecule has 5 nitrogen and oxygen atoms in total. The Morgan fingerprint density at radius 3 is 2.63 bits per heavy atom. The molecule has 0 saturated heterocycles. The minimum atomic E-state index is -0.489. The average molecular weight is 386 g/mol. The maximum Gasteiger partial charge on any atom is 0.253 e. The van der Waals surface area contributed by atoms with Gasteiger partial charge in [-0.25, -0.2) is 4.39 Å². The summed E-state index contributed by atoms with van der Waals surface area (Å²) in [5.41, 5.74) is 3.40. The van der Waals surface area contributed by atoms with Crippen LogP contribution in [0.3, 0.4) is 0 Å². The third-order valence-electron chi connectivity index (χ3n) is 4.69. The van der Waals surface area contributed by atoms with Crippen molar-refractivity contribution < 1.29 is 9.18 Å². The molecule has 0 aliphatic carbocycles. The van der Waals surface area contributed by atoms with Crippen molar-refractivity contribution in [2.24, 2.45) is 0 Å². The first-order valence-electron chi connectivity index (χ1n) is 8.82. The Balaban J connectivity index is 1.80. The summed E-state index contributed by atoms with van der Waals surface area (Å²) >= 11 is 5.05. The predicted octanol–water partition coefficient (Wildman–Crippen LogP) is 4.13. The second-order valence-corrected chi connectivity index (χ2v) is 7.32. The van der Waals surface area contributed by atoms with Gasteiger partial charge in [0.05, 0.1) is 16.6 Å². The normalized spacial score (nSPS) is 11.5. The van der Waals surface area contributed by atoms with Crippen molar-refractivity contribution in [2.45, 2.75) is 33.0 Å². The fraction of sp³-hybridized carbons (Fsp3) is 0.300. The van der Waals surface area contributed by atoms with E-state index in [4.69, 9.17) is 12.2 Å². The number of imidazole rings is 1. The Bertz CT molecular complexity index is 1020. The Kier molecular flexibility index (Phi) is 5.72. The molecule has 27 heavy (non-hydrogen) atoms. The Morgan fingerprint density at radius 2 is 1.93 bits per heavy atom. The molecule has 1 aromatic heterocycles. The van der Waals surface area contributed by atoms with E-state index in [1.165, 1.54) is 12.1 Å². The molecule has 0 aliphatic heterocycles. The first-order valence-corrected chi connectivity index (χ1v) is 9.22. The number of benzene rings is 2. The number of hydrogen-bond donors (Lipinski definition) is 3. The number of aromatic amines is 2. The van der Waals surface area contributed by atoms with Crippen LogP contribution in [0.2, 0.25) is 0 Å². The largest absolute Gasteiger partial charge is 0.348 e. The molecule has 0 aliphatic rings. The van der Waals surface area contributed by atoms with Crippen molar-refractivity contribution in [3.05, 3.63) is 63.7 Å². The summed E-state index contributed by atoms with van der Waals surface area (Å²) in [6.07, 6.45) is 0. The average Bonchev–Trinajstić information content (AvgIpc) is 2.99. The zero-order valence-corrected chi connectivity index (χ0v) is 16.4. The summed E-state index contributed by atoms with van der Waals surface area (Å²) in [5, 5.41) is 2.89. The second kappa shape index (κ2) is 8.02. The van der Waals surface area contributed by atoms with Crippen molar-refractivity contribution in [3.8, 4) is 0 Å². The van der Waals surface area contributed by atoms with Crippen LogP contribution < -0.4 is 5.32 Å². The van der Waals surface area contributed by atoms with Crippen LogP contribution in [-0.2, 0) is 13.1 Å². The number of H-pyrrole nitrogens is 2. The Labute approximate surface area is 162 Å². The highest BCUT2D eigenvalue weighted by Crippen LogP contribution is 2.18. The van der Waals surface area contributed by atoms with Crippen LogP contribution in [0.5, 0.6) is 0 Å². The van der Waals surface area contributed by atoms with E-state index in [1.807, 2.05) is 18.2 Å². The summed E-state index contributed by atoms with van der Waals surface area (Å²) in [7, 11) is 2.07. The first kappa shape index (κ1) is 19.3. The molecule has 7 heteroatoms. The Hall–Kier alpha value is -2.51. The number of carbonyl (C=O) groups excluding carboxylic acids is 1. The monoisotopic (exact) mass is 386 g/mol. The maximum absolute atomic E-state index is 13.9. The minimum Gasteiger partial charge on any atom is -0.348 e. The number of hydrogen-bond acceptors (Lipinski definition) is 3. The number of halogens is 1. The van der Waals surface area contributed by atoms with Gasteiger partial charge in [-0.1, -0.05) is 24.3 Å². The lowest BCUT2D eigenvalue weighted by Gasteiger charge is -2.22. The van der Waals surface area contributed by atoms with Crippen molar-refractivity contribution in [2.75, 3.05) is 7.05 Å². The van der Waals surface area contributed by atoms with Crippen LogP contribution in [0, 0.1) is 10.6 Å². The molecule has 1 heterocycles. The number of nitrogens with zero attached hydrogens (tertiary/aromatic N) is 1. The number of rotatable bonds is 6. The van der Waals surface area contributed by atoms with Crippen molar-refractivity contribution >= 4 is 29.2 Å². The maximum atomic E-state index is 13.9. The third-order valence-corrected chi connectivity index (χ3v) is 4.90. The van der Waals surface area contributed by atoms with Gasteiger partial charge in [-0.05, 0) is 56.4 Å². The molecule has 0 radical (unpaired) electrons. The quantitative estimate of drug-likeness (QED) is 0.558. The summed E-state index contributed by atoms with van der Waals surface area (Å²) in [5.74, 6) is -0.839. The van der Waals surface area contributed by atoms with E-state index >= 15 is 0 Å². The molecule has 3 rings (SSSR count). The summed E-state index contributed by atoms with van der Waals surface area (Å²) in [6.45, 7) is 5.43. The number of amides is 1. The van der Waals surface area contributed by atoms with Gasteiger partial charge in [0.25, 0.3) is 5.91 Å². The lowest BCUT2D eigenvalue weighted by Crippen LogP contribution is -2.27. The predicted molar refractivity (Wildman–Crippen MR) is 108 cm³/mol. The van der Waals surface area contributed by atoms with E-state index in [2.05, 4.69) is 47.1 Å². The molecule has 3 aromatic rings. The molecular weight excluding hydrogens is 363 g/mol. The van der Waals surface area contributed by atoms with Gasteiger partial charge < -0.3 is 15.3 Å². The van der Waals surface area contributed by atoms with Gasteiger partial charge in [0.2, 0.25) is 0 Å². The van der Waals surface area contributed by atoms with E-state index in [9.17, 15) is 9.18 Å². The fourth-order valence-corrected chi connectivity index (χ4v) is 3.10. The van der Waals surface area contributed by atoms with Gasteiger partial charge in [0.15, 0.2) is 4.77 Å². The van der Waals surface area contributed by atoms with Crippen LogP contribution in [-0.4, -0.2) is 33.9 Å². The minimum absolute atomic E-state index is 0.231. The van der Waals surface area contributed by atoms with E-state index in [0.717, 1.165) is 17.7 Å². The van der Waals surface area contributed by atoms with E-state index in [-0.39, 0.29) is 11.5 Å². The second-order valence-electron chi connectivity index (χ2n) is 6.92. The lowest BCUT2D eigenvalue weighted by molar-refractivity contribution is 0.0952. The first-order chi connectivity index (χ1) is 12.8. The molecule has 0 spiro atoms. The highest BCUT2D eigenvalue weighted by molar-refractivity contribution is 7.71. The Morgan fingerprint density at radius 1 is 1.22 bits per heavy atom. The van der Waals surface area contributed by atoms with Crippen LogP contribution >= 0.6 is 12.2 Å². The van der Waals surface area contributed by atoms with E-state index in [0.29, 0.717) is 28.4 Å². The summed E-state index contributed by atoms with van der Waals surface area (Å²) < 4.78 is 14.2. The van der Waals surface area contributed by atoms with Crippen LogP contribution in [0.25, 0.3) is 11.0 Å². The van der Waals surface area contributed by atoms with Gasteiger partial charge in [0.1, 0.15) is 5.82 Å². The van der Waals surface area contributed by atoms with Gasteiger partial charge in [-0.2, -0.15) is 0 Å². The molecule has 0 unspecified atom stereocenters. The number of fused-ring (bicyclic) bond motifs is 1. The molecule has 142 valence electrons. The number of aromatic nitrogens is 2. The van der Waals surface area contributed by atoms with Gasteiger partial charge in [-0.3, -0.25) is 9.69 Å². The van der Waals surface area contributed by atoms with E-state index in [1.54, 1.807) is 0 Å². The zero-order chi connectivity index (χ0) is 19.6. The van der Waals surface area contributed by atoms with E-state index < -0.39 is 5.82 Å². The molecule has 2 aromatic carbocycles. The van der Waals surface area contributed by atoms with Crippen molar-refractivity contribution in [1.82, 2.24) is 20.2 Å². The van der Waals surface area contributed by atoms with Crippen LogP contribution in [0.15, 0.2) is 36.4 Å². The zero-order valence-electron chi connectivity index (χ0n) is 15.6. The summed E-state index contributed by atoms with van der Waals surface area (Å²) in [6, 6.07) is 10.9. The third kappa shape index (κ3) is 4.43. The smallest absolute Gasteiger partial charge is 0.253 e. The lowest BCUT2D eigenvalue weighted by atomic mass is 10.1. The van der Waals surface area contributed by atoms with Gasteiger partial charge >= 0.3 is 0 Å². The number of carbonyl (C=O) groups is 1. The molecule has 0 saturated carbocycles.